The predicted molar refractivity (Wildman–Crippen MR) is 86.8 cm³/mol. The number of hydrogen-bond acceptors (Lipinski definition) is 5. The first-order chi connectivity index (χ1) is 11.1. The Hall–Kier alpha value is -0.880. The summed E-state index contributed by atoms with van der Waals surface area (Å²) in [4.78, 5) is 14.5. The third kappa shape index (κ3) is 10.1. The molecule has 0 aliphatic heterocycles. The number of rotatable bonds is 12. The van der Waals surface area contributed by atoms with Gasteiger partial charge in [-0.15, -0.1) is 0 Å². The van der Waals surface area contributed by atoms with Crippen molar-refractivity contribution in [3.05, 3.63) is 36.0 Å². The Balaban J connectivity index is 0.00000529. The molecule has 0 radical (unpaired) electrons. The van der Waals surface area contributed by atoms with Gasteiger partial charge < -0.3 is 19.7 Å². The Morgan fingerprint density at radius 3 is 2.88 bits per heavy atom. The van der Waals surface area contributed by atoms with Gasteiger partial charge in [0, 0.05) is 17.7 Å². The molecule has 6 heteroatoms. The summed E-state index contributed by atoms with van der Waals surface area (Å²) in [5, 5.41) is 20.6. The molecule has 0 aliphatic carbocycles. The summed E-state index contributed by atoms with van der Waals surface area (Å²) < 4.78 is 5.66. The minimum atomic E-state index is -1.03. The Labute approximate surface area is 166 Å². The largest absolute Gasteiger partial charge is 1.00 e. The van der Waals surface area contributed by atoms with Crippen LogP contribution in [0.15, 0.2) is 30.5 Å². The number of aromatic nitrogens is 1. The number of hydrogen-bond donors (Lipinski definition) is 1. The smallest absolute Gasteiger partial charge is 0.550 e. The van der Waals surface area contributed by atoms with Gasteiger partial charge in [-0.2, -0.15) is 0 Å². The number of aliphatic hydroxyl groups excluding tert-OH is 1. The van der Waals surface area contributed by atoms with Gasteiger partial charge in [-0.1, -0.05) is 31.9 Å². The van der Waals surface area contributed by atoms with E-state index >= 15 is 0 Å². The van der Waals surface area contributed by atoms with E-state index < -0.39 is 12.1 Å². The van der Waals surface area contributed by atoms with Crippen LogP contribution >= 0.6 is 0 Å². The summed E-state index contributed by atoms with van der Waals surface area (Å²) >= 11 is 0. The number of carbonyl (C=O) groups excluding carboxylic acids is 1. The second-order valence-corrected chi connectivity index (χ2v) is 5.44. The molecule has 1 unspecified atom stereocenters. The molecule has 1 heterocycles. The topological polar surface area (TPSA) is 82.5 Å². The molecular weight excluding hydrogens is 317 g/mol. The van der Waals surface area contributed by atoms with Crippen LogP contribution in [-0.2, 0) is 4.79 Å². The van der Waals surface area contributed by atoms with Gasteiger partial charge >= 0.3 is 29.6 Å². The van der Waals surface area contributed by atoms with Crippen molar-refractivity contribution < 1.29 is 49.3 Å². The van der Waals surface area contributed by atoms with Crippen LogP contribution in [0.1, 0.15) is 63.5 Å². The van der Waals surface area contributed by atoms with Gasteiger partial charge in [0.2, 0.25) is 5.88 Å². The first kappa shape index (κ1) is 23.1. The van der Waals surface area contributed by atoms with E-state index in [2.05, 4.69) is 11.9 Å². The third-order valence-corrected chi connectivity index (χ3v) is 3.42. The van der Waals surface area contributed by atoms with Crippen molar-refractivity contribution in [1.29, 1.82) is 0 Å². The maximum Gasteiger partial charge on any atom is 1.00 e. The van der Waals surface area contributed by atoms with E-state index in [9.17, 15) is 15.0 Å². The molecular formula is C18H26NNaO4. The molecule has 0 bridgehead atoms. The van der Waals surface area contributed by atoms with Gasteiger partial charge in [0.15, 0.2) is 0 Å². The Morgan fingerprint density at radius 2 is 2.17 bits per heavy atom. The molecule has 1 N–H and O–H groups in total. The summed E-state index contributed by atoms with van der Waals surface area (Å²) in [7, 11) is 0. The first-order valence-corrected chi connectivity index (χ1v) is 8.25. The van der Waals surface area contributed by atoms with Crippen molar-refractivity contribution in [3.8, 4) is 5.88 Å². The van der Waals surface area contributed by atoms with Crippen molar-refractivity contribution in [2.75, 3.05) is 6.61 Å². The SMILES string of the molecule is CCCCCOc1ncccc1C(O)C/C=C/CCCC(=O)[O-].[Na+]. The zero-order valence-corrected chi connectivity index (χ0v) is 16.7. The number of nitrogens with zero attached hydrogens (tertiary/aromatic N) is 1. The molecule has 0 amide bonds. The second-order valence-electron chi connectivity index (χ2n) is 5.44. The van der Waals surface area contributed by atoms with Crippen molar-refractivity contribution in [3.63, 3.8) is 0 Å². The summed E-state index contributed by atoms with van der Waals surface area (Å²) in [6.07, 6.45) is 9.64. The van der Waals surface area contributed by atoms with Crippen LogP contribution in [0.5, 0.6) is 5.88 Å². The van der Waals surface area contributed by atoms with E-state index in [-0.39, 0.29) is 36.0 Å². The number of unbranched alkanes of at least 4 members (excludes halogenated alkanes) is 3. The third-order valence-electron chi connectivity index (χ3n) is 3.42. The number of allylic oxidation sites excluding steroid dienone is 1. The van der Waals surface area contributed by atoms with E-state index in [0.717, 1.165) is 19.3 Å². The summed E-state index contributed by atoms with van der Waals surface area (Å²) in [6.45, 7) is 2.74. The number of ether oxygens (including phenoxy) is 1. The minimum Gasteiger partial charge on any atom is -0.550 e. The number of aliphatic carboxylic acids is 1. The molecule has 0 fully saturated rings. The molecule has 128 valence electrons. The normalized spacial score (nSPS) is 11.9. The van der Waals surface area contributed by atoms with Crippen molar-refractivity contribution in [2.24, 2.45) is 0 Å². The second kappa shape index (κ2) is 14.5. The fourth-order valence-electron chi connectivity index (χ4n) is 2.13. The van der Waals surface area contributed by atoms with Crippen LogP contribution in [0.2, 0.25) is 0 Å². The fourth-order valence-corrected chi connectivity index (χ4v) is 2.13. The van der Waals surface area contributed by atoms with Gasteiger partial charge in [-0.25, -0.2) is 4.98 Å². The number of carboxylic acids is 1. The van der Waals surface area contributed by atoms with Crippen molar-refractivity contribution >= 4 is 5.97 Å². The van der Waals surface area contributed by atoms with Gasteiger partial charge in [0.25, 0.3) is 0 Å². The molecule has 5 nitrogen and oxygen atoms in total. The molecule has 1 aromatic rings. The number of carbonyl (C=O) groups is 1. The van der Waals surface area contributed by atoms with Gasteiger partial charge in [0.05, 0.1) is 12.7 Å². The minimum absolute atomic E-state index is 0. The molecule has 24 heavy (non-hydrogen) atoms. The quantitative estimate of drug-likeness (QED) is 0.316. The molecule has 0 aliphatic rings. The monoisotopic (exact) mass is 343 g/mol. The molecule has 1 aromatic heterocycles. The van der Waals surface area contributed by atoms with Crippen LogP contribution in [0, 0.1) is 0 Å². The fraction of sp³-hybridized carbons (Fsp3) is 0.556. The molecule has 0 saturated carbocycles. The average Bonchev–Trinajstić information content (AvgIpc) is 2.54. The van der Waals surface area contributed by atoms with E-state index in [4.69, 9.17) is 4.74 Å². The molecule has 0 saturated heterocycles. The number of pyridine rings is 1. The predicted octanol–water partition coefficient (Wildman–Crippen LogP) is -0.445. The summed E-state index contributed by atoms with van der Waals surface area (Å²) in [5.41, 5.74) is 0.684. The van der Waals surface area contributed by atoms with E-state index in [1.165, 1.54) is 0 Å². The maximum atomic E-state index is 10.3. The van der Waals surface area contributed by atoms with Crippen LogP contribution in [0.3, 0.4) is 0 Å². The van der Waals surface area contributed by atoms with Crippen molar-refractivity contribution in [2.45, 2.75) is 58.0 Å². The average molecular weight is 343 g/mol. The van der Waals surface area contributed by atoms with Crippen LogP contribution in [0.25, 0.3) is 0 Å². The molecule has 0 aromatic carbocycles. The Bertz CT molecular complexity index is 494. The molecule has 1 rings (SSSR count). The van der Waals surface area contributed by atoms with Gasteiger partial charge in [0.1, 0.15) is 0 Å². The van der Waals surface area contributed by atoms with Gasteiger partial charge in [-0.3, -0.25) is 0 Å². The summed E-state index contributed by atoms with van der Waals surface area (Å²) in [5.74, 6) is -0.542. The zero-order valence-electron chi connectivity index (χ0n) is 14.7. The van der Waals surface area contributed by atoms with Crippen LogP contribution in [0.4, 0.5) is 0 Å². The molecule has 0 spiro atoms. The first-order valence-electron chi connectivity index (χ1n) is 8.25. The van der Waals surface area contributed by atoms with E-state index in [1.54, 1.807) is 12.3 Å². The van der Waals surface area contributed by atoms with Crippen LogP contribution < -0.4 is 39.4 Å². The number of carboxylic acid groups (broad SMARTS) is 1. The van der Waals surface area contributed by atoms with Crippen LogP contribution in [-0.4, -0.2) is 22.7 Å². The number of aliphatic hydroxyl groups is 1. The summed E-state index contributed by atoms with van der Waals surface area (Å²) in [6, 6.07) is 3.60. The Morgan fingerprint density at radius 1 is 1.38 bits per heavy atom. The molecule has 1 atom stereocenters. The zero-order chi connectivity index (χ0) is 16.9. The van der Waals surface area contributed by atoms with Crippen molar-refractivity contribution in [1.82, 2.24) is 4.98 Å². The Kier molecular flexibility index (Phi) is 13.9. The van der Waals surface area contributed by atoms with E-state index in [1.807, 2.05) is 18.2 Å². The standard InChI is InChI=1S/C18H27NO4.Na/c1-2-3-8-14-23-18-15(10-9-13-19-18)16(20)11-6-4-5-7-12-17(21)22;/h4,6,9-10,13,16,20H,2-3,5,7-8,11-12,14H2,1H3,(H,21,22);/q;+1/p-1/b6-4+;. The maximum absolute atomic E-state index is 10.3. The van der Waals surface area contributed by atoms with E-state index in [0.29, 0.717) is 37.3 Å². The van der Waals surface area contributed by atoms with Gasteiger partial charge in [-0.05, 0) is 44.2 Å².